The largest absolute Gasteiger partial charge is 0.338 e. The van der Waals surface area contributed by atoms with Gasteiger partial charge in [0.15, 0.2) is 5.82 Å². The Morgan fingerprint density at radius 2 is 1.57 bits per heavy atom. The van der Waals surface area contributed by atoms with Gasteiger partial charge in [-0.2, -0.15) is 5.10 Å². The molecule has 0 unspecified atom stereocenters. The number of aryl methyl sites for hydroxylation is 1. The van der Waals surface area contributed by atoms with Crippen molar-refractivity contribution in [1.29, 1.82) is 0 Å². The second-order valence-electron chi connectivity index (χ2n) is 4.71. The van der Waals surface area contributed by atoms with Crippen molar-refractivity contribution in [2.75, 3.05) is 5.32 Å². The molecule has 0 spiro atoms. The van der Waals surface area contributed by atoms with Gasteiger partial charge in [0.25, 0.3) is 0 Å². The van der Waals surface area contributed by atoms with Crippen LogP contribution in [0.2, 0.25) is 0 Å². The molecule has 106 valence electrons. The van der Waals surface area contributed by atoms with E-state index >= 15 is 0 Å². The Bertz CT molecular complexity index is 748. The summed E-state index contributed by atoms with van der Waals surface area (Å²) < 4.78 is 15.6. The third-order valence-corrected chi connectivity index (χ3v) is 3.69. The zero-order valence-corrected chi connectivity index (χ0v) is 12.9. The number of hydrogen-bond acceptors (Lipinski definition) is 2. The van der Waals surface area contributed by atoms with E-state index in [1.54, 1.807) is 16.8 Å². The molecule has 0 aliphatic heterocycles. The molecule has 0 amide bonds. The minimum Gasteiger partial charge on any atom is -0.338 e. The number of nitrogens with zero attached hydrogens (tertiary/aromatic N) is 2. The number of halogens is 2. The van der Waals surface area contributed by atoms with E-state index in [4.69, 9.17) is 0 Å². The van der Waals surface area contributed by atoms with E-state index in [1.165, 1.54) is 12.1 Å². The predicted octanol–water partition coefficient (Wildman–Crippen LogP) is 4.73. The maximum absolute atomic E-state index is 12.9. The summed E-state index contributed by atoms with van der Waals surface area (Å²) in [5.41, 5.74) is 2.97. The molecule has 1 N–H and O–H groups in total. The first-order valence-corrected chi connectivity index (χ1v) is 7.23. The van der Waals surface area contributed by atoms with E-state index in [2.05, 4.69) is 26.3 Å². The van der Waals surface area contributed by atoms with Crippen molar-refractivity contribution in [3.63, 3.8) is 0 Å². The van der Waals surface area contributed by atoms with Crippen LogP contribution in [0.5, 0.6) is 0 Å². The lowest BCUT2D eigenvalue weighted by molar-refractivity contribution is 0.628. The van der Waals surface area contributed by atoms with Crippen LogP contribution in [0.4, 0.5) is 15.9 Å². The summed E-state index contributed by atoms with van der Waals surface area (Å²) >= 11 is 3.45. The van der Waals surface area contributed by atoms with Crippen LogP contribution >= 0.6 is 15.9 Å². The second kappa shape index (κ2) is 5.69. The Hall–Kier alpha value is -2.14. The first kappa shape index (κ1) is 13.8. The van der Waals surface area contributed by atoms with Gasteiger partial charge < -0.3 is 5.32 Å². The molecule has 3 nitrogen and oxygen atoms in total. The average Bonchev–Trinajstić information content (AvgIpc) is 2.79. The molecular formula is C16H13BrFN3. The number of rotatable bonds is 3. The summed E-state index contributed by atoms with van der Waals surface area (Å²) in [7, 11) is 1.87. The topological polar surface area (TPSA) is 29.9 Å². The lowest BCUT2D eigenvalue weighted by Crippen LogP contribution is -1.94. The lowest BCUT2D eigenvalue weighted by atomic mass is 10.1. The SMILES string of the molecule is Cn1cc(Br)c(Nc2ccc(-c3ccc(F)cc3)cc2)n1. The molecule has 0 atom stereocenters. The van der Waals surface area contributed by atoms with Gasteiger partial charge in [-0.15, -0.1) is 0 Å². The molecule has 0 saturated carbocycles. The summed E-state index contributed by atoms with van der Waals surface area (Å²) in [5, 5.41) is 7.55. The Balaban J connectivity index is 1.81. The molecule has 3 aromatic rings. The smallest absolute Gasteiger partial charge is 0.166 e. The van der Waals surface area contributed by atoms with Gasteiger partial charge >= 0.3 is 0 Å². The van der Waals surface area contributed by atoms with Gasteiger partial charge in [-0.1, -0.05) is 24.3 Å². The molecule has 3 rings (SSSR count). The van der Waals surface area contributed by atoms with E-state index in [1.807, 2.05) is 37.5 Å². The van der Waals surface area contributed by atoms with Crippen LogP contribution in [0.1, 0.15) is 0 Å². The summed E-state index contributed by atoms with van der Waals surface area (Å²) in [4.78, 5) is 0. The molecule has 0 radical (unpaired) electrons. The highest BCUT2D eigenvalue weighted by atomic mass is 79.9. The van der Waals surface area contributed by atoms with Gasteiger partial charge in [-0.05, 0) is 51.3 Å². The van der Waals surface area contributed by atoms with Crippen molar-refractivity contribution in [1.82, 2.24) is 9.78 Å². The summed E-state index contributed by atoms with van der Waals surface area (Å²) in [6.07, 6.45) is 1.88. The predicted molar refractivity (Wildman–Crippen MR) is 86.0 cm³/mol. The molecule has 0 saturated heterocycles. The van der Waals surface area contributed by atoms with Gasteiger partial charge in [0.1, 0.15) is 5.82 Å². The van der Waals surface area contributed by atoms with Crippen molar-refractivity contribution in [3.8, 4) is 11.1 Å². The van der Waals surface area contributed by atoms with Crippen LogP contribution in [0.15, 0.2) is 59.2 Å². The van der Waals surface area contributed by atoms with Crippen molar-refractivity contribution < 1.29 is 4.39 Å². The Morgan fingerprint density at radius 3 is 2.10 bits per heavy atom. The fourth-order valence-corrected chi connectivity index (χ4v) is 2.54. The van der Waals surface area contributed by atoms with Crippen LogP contribution in [-0.4, -0.2) is 9.78 Å². The minimum absolute atomic E-state index is 0.225. The van der Waals surface area contributed by atoms with Gasteiger partial charge in [0, 0.05) is 18.9 Å². The molecule has 0 aliphatic carbocycles. The van der Waals surface area contributed by atoms with Crippen molar-refractivity contribution in [2.24, 2.45) is 7.05 Å². The number of hydrogen-bond donors (Lipinski definition) is 1. The quantitative estimate of drug-likeness (QED) is 0.743. The van der Waals surface area contributed by atoms with Gasteiger partial charge in [0.2, 0.25) is 0 Å². The summed E-state index contributed by atoms with van der Waals surface area (Å²) in [6, 6.07) is 14.4. The first-order valence-electron chi connectivity index (χ1n) is 6.44. The zero-order chi connectivity index (χ0) is 14.8. The van der Waals surface area contributed by atoms with Crippen LogP contribution < -0.4 is 5.32 Å². The fourth-order valence-electron chi connectivity index (χ4n) is 2.07. The minimum atomic E-state index is -0.225. The van der Waals surface area contributed by atoms with Crippen LogP contribution in [-0.2, 0) is 7.05 Å². The Morgan fingerprint density at radius 1 is 1.00 bits per heavy atom. The third kappa shape index (κ3) is 3.13. The molecule has 0 fully saturated rings. The van der Waals surface area contributed by atoms with Crippen molar-refractivity contribution in [2.45, 2.75) is 0 Å². The van der Waals surface area contributed by atoms with E-state index in [0.29, 0.717) is 0 Å². The second-order valence-corrected chi connectivity index (χ2v) is 5.56. The molecule has 0 aliphatic rings. The number of anilines is 2. The maximum atomic E-state index is 12.9. The summed E-state index contributed by atoms with van der Waals surface area (Å²) in [5.74, 6) is 0.545. The lowest BCUT2D eigenvalue weighted by Gasteiger charge is -2.06. The Kier molecular flexibility index (Phi) is 3.75. The maximum Gasteiger partial charge on any atom is 0.166 e. The zero-order valence-electron chi connectivity index (χ0n) is 11.3. The normalized spacial score (nSPS) is 10.6. The molecule has 0 bridgehead atoms. The molecule has 5 heteroatoms. The van der Waals surface area contributed by atoms with E-state index in [9.17, 15) is 4.39 Å². The highest BCUT2D eigenvalue weighted by molar-refractivity contribution is 9.10. The van der Waals surface area contributed by atoms with Gasteiger partial charge in [-0.25, -0.2) is 4.39 Å². The number of aromatic nitrogens is 2. The number of nitrogens with one attached hydrogen (secondary N) is 1. The first-order chi connectivity index (χ1) is 10.1. The highest BCUT2D eigenvalue weighted by Crippen LogP contribution is 2.26. The van der Waals surface area contributed by atoms with Crippen LogP contribution in [0, 0.1) is 5.82 Å². The van der Waals surface area contributed by atoms with Crippen molar-refractivity contribution in [3.05, 3.63) is 65.0 Å². The molecule has 21 heavy (non-hydrogen) atoms. The highest BCUT2D eigenvalue weighted by Gasteiger charge is 2.05. The number of benzene rings is 2. The van der Waals surface area contributed by atoms with Gasteiger partial charge in [0.05, 0.1) is 4.47 Å². The van der Waals surface area contributed by atoms with E-state index < -0.39 is 0 Å². The van der Waals surface area contributed by atoms with Crippen LogP contribution in [0.25, 0.3) is 11.1 Å². The molecule has 1 aromatic heterocycles. The standard InChI is InChI=1S/C16H13BrFN3/c1-21-10-15(17)16(20-21)19-14-8-4-12(5-9-14)11-2-6-13(18)7-3-11/h2-10H,1H3,(H,19,20). The molecular weight excluding hydrogens is 333 g/mol. The Labute approximate surface area is 130 Å². The molecule has 1 heterocycles. The van der Waals surface area contributed by atoms with Crippen LogP contribution in [0.3, 0.4) is 0 Å². The van der Waals surface area contributed by atoms with E-state index in [0.717, 1.165) is 27.1 Å². The fraction of sp³-hybridized carbons (Fsp3) is 0.0625. The van der Waals surface area contributed by atoms with Crippen molar-refractivity contribution >= 4 is 27.4 Å². The average molecular weight is 346 g/mol. The van der Waals surface area contributed by atoms with Gasteiger partial charge in [-0.3, -0.25) is 4.68 Å². The van der Waals surface area contributed by atoms with E-state index in [-0.39, 0.29) is 5.82 Å². The summed E-state index contributed by atoms with van der Waals surface area (Å²) in [6.45, 7) is 0. The molecule has 2 aromatic carbocycles. The third-order valence-electron chi connectivity index (χ3n) is 3.11. The monoisotopic (exact) mass is 345 g/mol.